The smallest absolute Gasteiger partial charge is 0.290 e. The van der Waals surface area contributed by atoms with Crippen molar-refractivity contribution in [2.24, 2.45) is 0 Å². The van der Waals surface area contributed by atoms with Crippen molar-refractivity contribution in [3.8, 4) is 17.2 Å². The molecule has 0 aliphatic heterocycles. The average molecular weight is 420 g/mol. The van der Waals surface area contributed by atoms with Crippen LogP contribution in [0, 0.1) is 0 Å². The summed E-state index contributed by atoms with van der Waals surface area (Å²) in [5, 5.41) is 4.51. The van der Waals surface area contributed by atoms with E-state index in [4.69, 9.17) is 9.47 Å². The van der Waals surface area contributed by atoms with E-state index in [1.165, 1.54) is 0 Å². The molecule has 0 atom stereocenters. The summed E-state index contributed by atoms with van der Waals surface area (Å²) in [4.78, 5) is 24.9. The highest BCUT2D eigenvalue weighted by molar-refractivity contribution is 5.95. The summed E-state index contributed by atoms with van der Waals surface area (Å²) in [7, 11) is 0. The first-order valence-electron chi connectivity index (χ1n) is 10.3. The number of carbonyl (C=O) groups is 2. The number of para-hydroxylation sites is 3. The molecule has 3 aromatic rings. The van der Waals surface area contributed by atoms with Gasteiger partial charge in [-0.1, -0.05) is 30.3 Å². The minimum absolute atomic E-state index is 0.263. The molecule has 0 fully saturated rings. The highest BCUT2D eigenvalue weighted by atomic mass is 16.5. The van der Waals surface area contributed by atoms with Crippen molar-refractivity contribution in [1.29, 1.82) is 0 Å². The third kappa shape index (κ3) is 4.53. The minimum Gasteiger partial charge on any atom is -0.490 e. The van der Waals surface area contributed by atoms with Crippen LogP contribution in [0.15, 0.2) is 54.6 Å². The second-order valence-corrected chi connectivity index (χ2v) is 7.05. The molecule has 0 saturated carbocycles. The largest absolute Gasteiger partial charge is 0.490 e. The second-order valence-electron chi connectivity index (χ2n) is 7.05. The molecule has 0 saturated heterocycles. The van der Waals surface area contributed by atoms with Crippen LogP contribution in [0.5, 0.6) is 11.5 Å². The van der Waals surface area contributed by atoms with E-state index in [0.717, 1.165) is 36.2 Å². The number of hydrogen-bond donors (Lipinski definition) is 2. The van der Waals surface area contributed by atoms with Gasteiger partial charge in [-0.25, -0.2) is 4.68 Å². The van der Waals surface area contributed by atoms with Gasteiger partial charge in [0.25, 0.3) is 11.8 Å². The Morgan fingerprint density at radius 3 is 2.42 bits per heavy atom. The molecule has 2 amide bonds. The van der Waals surface area contributed by atoms with Crippen LogP contribution in [0.1, 0.15) is 35.1 Å². The van der Waals surface area contributed by atoms with Gasteiger partial charge in [0.15, 0.2) is 23.8 Å². The summed E-state index contributed by atoms with van der Waals surface area (Å²) in [5.74, 6) is 0.0868. The van der Waals surface area contributed by atoms with Crippen LogP contribution in [0.25, 0.3) is 5.69 Å². The fourth-order valence-electron chi connectivity index (χ4n) is 3.61. The quantitative estimate of drug-likeness (QED) is 0.573. The fourth-order valence-corrected chi connectivity index (χ4v) is 3.61. The van der Waals surface area contributed by atoms with E-state index in [1.807, 2.05) is 48.0 Å². The molecule has 1 aliphatic rings. The maximum Gasteiger partial charge on any atom is 0.290 e. The first kappa shape index (κ1) is 20.5. The molecule has 1 heterocycles. The van der Waals surface area contributed by atoms with Crippen molar-refractivity contribution >= 4 is 11.8 Å². The first-order valence-corrected chi connectivity index (χ1v) is 10.3. The summed E-state index contributed by atoms with van der Waals surface area (Å²) in [5.41, 5.74) is 8.04. The van der Waals surface area contributed by atoms with E-state index >= 15 is 0 Å². The van der Waals surface area contributed by atoms with Crippen molar-refractivity contribution in [2.75, 3.05) is 13.2 Å². The van der Waals surface area contributed by atoms with Crippen LogP contribution < -0.4 is 20.3 Å². The number of rotatable bonds is 7. The molecule has 2 aromatic carbocycles. The Bertz CT molecular complexity index is 1080. The number of nitrogens with zero attached hydrogens (tertiary/aromatic N) is 2. The maximum atomic E-state index is 12.7. The van der Waals surface area contributed by atoms with Crippen LogP contribution in [-0.2, 0) is 17.6 Å². The van der Waals surface area contributed by atoms with Crippen LogP contribution in [-0.4, -0.2) is 34.8 Å². The van der Waals surface area contributed by atoms with E-state index in [0.29, 0.717) is 23.8 Å². The second kappa shape index (κ2) is 9.34. The van der Waals surface area contributed by atoms with Gasteiger partial charge in [0.05, 0.1) is 12.3 Å². The number of hydrazine groups is 1. The predicted octanol–water partition coefficient (Wildman–Crippen LogP) is 2.60. The Hall–Kier alpha value is -3.81. The van der Waals surface area contributed by atoms with Crippen molar-refractivity contribution in [3.05, 3.63) is 71.5 Å². The number of aromatic nitrogens is 2. The topological polar surface area (TPSA) is 94.5 Å². The SMILES string of the molecule is CCOc1ccccc1OCC(=O)NNC(=O)c1nn(-c2ccccc2)c2c1CCC2. The predicted molar refractivity (Wildman–Crippen MR) is 114 cm³/mol. The lowest BCUT2D eigenvalue weighted by Crippen LogP contribution is -2.44. The highest BCUT2D eigenvalue weighted by Crippen LogP contribution is 2.28. The zero-order valence-corrected chi connectivity index (χ0v) is 17.3. The van der Waals surface area contributed by atoms with Crippen molar-refractivity contribution in [1.82, 2.24) is 20.6 Å². The minimum atomic E-state index is -0.487. The van der Waals surface area contributed by atoms with Gasteiger partial charge in [0.1, 0.15) is 0 Å². The molecule has 0 bridgehead atoms. The van der Waals surface area contributed by atoms with Gasteiger partial charge in [-0.15, -0.1) is 0 Å². The van der Waals surface area contributed by atoms with Crippen molar-refractivity contribution in [2.45, 2.75) is 26.2 Å². The van der Waals surface area contributed by atoms with Crippen LogP contribution >= 0.6 is 0 Å². The van der Waals surface area contributed by atoms with E-state index in [9.17, 15) is 9.59 Å². The molecule has 2 N–H and O–H groups in total. The Balaban J connectivity index is 1.38. The lowest BCUT2D eigenvalue weighted by Gasteiger charge is -2.12. The molecule has 0 unspecified atom stereocenters. The molecule has 8 heteroatoms. The monoisotopic (exact) mass is 420 g/mol. The molecule has 31 heavy (non-hydrogen) atoms. The Labute approximate surface area is 180 Å². The molecule has 1 aromatic heterocycles. The first-order chi connectivity index (χ1) is 15.2. The molecular formula is C23H24N4O4. The number of ether oxygens (including phenoxy) is 2. The number of fused-ring (bicyclic) bond motifs is 1. The summed E-state index contributed by atoms with van der Waals surface area (Å²) in [6.07, 6.45) is 2.62. The van der Waals surface area contributed by atoms with E-state index in [-0.39, 0.29) is 6.61 Å². The molecule has 0 spiro atoms. The summed E-state index contributed by atoms with van der Waals surface area (Å²) < 4.78 is 12.8. The standard InChI is InChI=1S/C23H24N4O4/c1-2-30-19-13-6-7-14-20(19)31-15-21(28)24-25-23(29)22-17-11-8-12-18(17)27(26-22)16-9-4-3-5-10-16/h3-7,9-10,13-14H,2,8,11-12,15H2,1H3,(H,24,28)(H,25,29). The van der Waals surface area contributed by atoms with Gasteiger partial charge in [0.2, 0.25) is 0 Å². The summed E-state index contributed by atoms with van der Waals surface area (Å²) in [6.45, 7) is 2.10. The third-order valence-corrected chi connectivity index (χ3v) is 4.97. The number of carbonyl (C=O) groups excluding carboxylic acids is 2. The lowest BCUT2D eigenvalue weighted by molar-refractivity contribution is -0.123. The number of amides is 2. The van der Waals surface area contributed by atoms with E-state index in [2.05, 4.69) is 16.0 Å². The van der Waals surface area contributed by atoms with Gasteiger partial charge in [-0.05, 0) is 50.5 Å². The van der Waals surface area contributed by atoms with Crippen molar-refractivity contribution < 1.29 is 19.1 Å². The van der Waals surface area contributed by atoms with Gasteiger partial charge in [-0.2, -0.15) is 5.10 Å². The van der Waals surface area contributed by atoms with Gasteiger partial charge >= 0.3 is 0 Å². The average Bonchev–Trinajstić information content (AvgIpc) is 3.40. The van der Waals surface area contributed by atoms with Gasteiger partial charge < -0.3 is 9.47 Å². The normalized spacial score (nSPS) is 12.2. The zero-order chi connectivity index (χ0) is 21.6. The molecule has 8 nitrogen and oxygen atoms in total. The Morgan fingerprint density at radius 2 is 1.68 bits per heavy atom. The van der Waals surface area contributed by atoms with Crippen LogP contribution in [0.2, 0.25) is 0 Å². The Morgan fingerprint density at radius 1 is 0.968 bits per heavy atom. The fraction of sp³-hybridized carbons (Fsp3) is 0.261. The molecule has 160 valence electrons. The van der Waals surface area contributed by atoms with Crippen molar-refractivity contribution in [3.63, 3.8) is 0 Å². The molecule has 0 radical (unpaired) electrons. The Kier molecular flexibility index (Phi) is 6.16. The maximum absolute atomic E-state index is 12.7. The van der Waals surface area contributed by atoms with Crippen LogP contribution in [0.3, 0.4) is 0 Å². The third-order valence-electron chi connectivity index (χ3n) is 4.97. The summed E-state index contributed by atoms with van der Waals surface area (Å²) >= 11 is 0. The summed E-state index contributed by atoms with van der Waals surface area (Å²) in [6, 6.07) is 16.8. The van der Waals surface area contributed by atoms with Crippen LogP contribution in [0.4, 0.5) is 0 Å². The molecular weight excluding hydrogens is 396 g/mol. The number of nitrogens with one attached hydrogen (secondary N) is 2. The number of hydrogen-bond acceptors (Lipinski definition) is 5. The van der Waals surface area contributed by atoms with E-state index < -0.39 is 11.8 Å². The lowest BCUT2D eigenvalue weighted by atomic mass is 10.2. The highest BCUT2D eigenvalue weighted by Gasteiger charge is 2.27. The number of benzene rings is 2. The molecule has 1 aliphatic carbocycles. The van der Waals surface area contributed by atoms with Gasteiger partial charge in [0, 0.05) is 11.3 Å². The zero-order valence-electron chi connectivity index (χ0n) is 17.3. The molecule has 4 rings (SSSR count). The van der Waals surface area contributed by atoms with E-state index in [1.54, 1.807) is 18.2 Å². The van der Waals surface area contributed by atoms with Gasteiger partial charge in [-0.3, -0.25) is 20.4 Å².